The Morgan fingerprint density at radius 3 is 2.25 bits per heavy atom. The number of sulfonamides is 1. The SMILES string of the molecule is CC[C@H]1[C@@H](O)[C@H]2[C@H](CC[C@]3(C)[C@@H]([C@H](C)CCNC(=O)NS(=O)(=O)c4ccc(C(C)(C)C)cc4)CC[C@@H]23)[C@@]2(C)CC[C@H](O)C[C@H]12. The van der Waals surface area contributed by atoms with E-state index in [0.29, 0.717) is 42.1 Å². The molecule has 0 unspecified atom stereocenters. The summed E-state index contributed by atoms with van der Waals surface area (Å²) in [7, 11) is -3.95. The smallest absolute Gasteiger partial charge is 0.328 e. The van der Waals surface area contributed by atoms with E-state index in [4.69, 9.17) is 0 Å². The zero-order valence-electron chi connectivity index (χ0n) is 28.1. The molecule has 2 amide bonds. The number of nitrogens with one attached hydrogen (secondary N) is 2. The fourth-order valence-corrected chi connectivity index (χ4v) is 11.8. The van der Waals surface area contributed by atoms with E-state index in [1.807, 2.05) is 0 Å². The summed E-state index contributed by atoms with van der Waals surface area (Å²) in [4.78, 5) is 12.7. The first-order valence-corrected chi connectivity index (χ1v) is 18.8. The number of urea groups is 1. The Labute approximate surface area is 266 Å². The summed E-state index contributed by atoms with van der Waals surface area (Å²) in [6.07, 6.45) is 8.60. The molecule has 1 aromatic rings. The Morgan fingerprint density at radius 1 is 0.977 bits per heavy atom. The minimum absolute atomic E-state index is 0.0781. The van der Waals surface area contributed by atoms with Crippen molar-refractivity contribution in [2.24, 2.45) is 52.3 Å². The number of amides is 2. The summed E-state index contributed by atoms with van der Waals surface area (Å²) in [5.41, 5.74) is 1.29. The van der Waals surface area contributed by atoms with Crippen LogP contribution >= 0.6 is 0 Å². The lowest BCUT2D eigenvalue weighted by Gasteiger charge is -2.64. The second-order valence-corrected chi connectivity index (χ2v) is 18.2. The molecule has 7 nitrogen and oxygen atoms in total. The normalized spacial score (nSPS) is 39.5. The van der Waals surface area contributed by atoms with Crippen molar-refractivity contribution in [3.05, 3.63) is 29.8 Å². The number of fused-ring (bicyclic) bond motifs is 5. The molecule has 5 rings (SSSR count). The predicted octanol–water partition coefficient (Wildman–Crippen LogP) is 6.62. The van der Waals surface area contributed by atoms with E-state index in [2.05, 4.69) is 58.5 Å². The van der Waals surface area contributed by atoms with Gasteiger partial charge in [-0.1, -0.05) is 67.0 Å². The first-order valence-electron chi connectivity index (χ1n) is 17.3. The van der Waals surface area contributed by atoms with E-state index in [0.717, 1.165) is 56.9 Å². The van der Waals surface area contributed by atoms with Gasteiger partial charge in [-0.05, 0) is 127 Å². The highest BCUT2D eigenvalue weighted by molar-refractivity contribution is 7.90. The van der Waals surface area contributed by atoms with E-state index in [-0.39, 0.29) is 39.3 Å². The van der Waals surface area contributed by atoms with Crippen LogP contribution in [0, 0.1) is 52.3 Å². The van der Waals surface area contributed by atoms with Crippen LogP contribution in [0.1, 0.15) is 112 Å². The van der Waals surface area contributed by atoms with Crippen molar-refractivity contribution in [3.63, 3.8) is 0 Å². The third-order valence-corrected chi connectivity index (χ3v) is 14.6. The van der Waals surface area contributed by atoms with Crippen LogP contribution < -0.4 is 10.0 Å². The van der Waals surface area contributed by atoms with E-state index in [1.54, 1.807) is 24.3 Å². The second-order valence-electron chi connectivity index (χ2n) is 16.5. The van der Waals surface area contributed by atoms with Crippen molar-refractivity contribution >= 4 is 16.1 Å². The van der Waals surface area contributed by atoms with Gasteiger partial charge in [-0.15, -0.1) is 0 Å². The van der Waals surface area contributed by atoms with Gasteiger partial charge in [-0.3, -0.25) is 0 Å². The highest BCUT2D eigenvalue weighted by Crippen LogP contribution is 2.69. The van der Waals surface area contributed by atoms with Gasteiger partial charge in [0.1, 0.15) is 0 Å². The Bertz CT molecular complexity index is 1290. The summed E-state index contributed by atoms with van der Waals surface area (Å²) < 4.78 is 27.8. The molecule has 248 valence electrons. The lowest BCUT2D eigenvalue weighted by molar-refractivity contribution is -0.203. The molecule has 4 aliphatic rings. The van der Waals surface area contributed by atoms with Crippen LogP contribution in [0.4, 0.5) is 4.79 Å². The van der Waals surface area contributed by atoms with E-state index < -0.39 is 16.1 Å². The summed E-state index contributed by atoms with van der Waals surface area (Å²) in [6, 6.07) is 6.00. The maximum absolute atomic E-state index is 12.8. The average Bonchev–Trinajstić information content (AvgIpc) is 3.30. The first kappa shape index (κ1) is 33.7. The molecule has 0 aromatic heterocycles. The number of carbonyl (C=O) groups excluding carboxylic acids is 1. The molecule has 4 saturated carbocycles. The molecule has 4 fully saturated rings. The van der Waals surface area contributed by atoms with Crippen LogP contribution in [0.5, 0.6) is 0 Å². The van der Waals surface area contributed by atoms with Crippen LogP contribution in [0.15, 0.2) is 29.2 Å². The minimum Gasteiger partial charge on any atom is -0.393 e. The molecule has 8 heteroatoms. The molecule has 0 saturated heterocycles. The zero-order valence-corrected chi connectivity index (χ0v) is 28.9. The topological polar surface area (TPSA) is 116 Å². The van der Waals surface area contributed by atoms with Crippen LogP contribution in [-0.2, 0) is 15.4 Å². The number of rotatable bonds is 7. The van der Waals surface area contributed by atoms with Crippen LogP contribution in [0.3, 0.4) is 0 Å². The highest BCUT2D eigenvalue weighted by atomic mass is 32.2. The van der Waals surface area contributed by atoms with Gasteiger partial charge < -0.3 is 15.5 Å². The lowest BCUT2D eigenvalue weighted by Crippen LogP contribution is -2.62. The molecule has 0 bridgehead atoms. The van der Waals surface area contributed by atoms with Gasteiger partial charge in [0.15, 0.2) is 0 Å². The molecule has 44 heavy (non-hydrogen) atoms. The van der Waals surface area contributed by atoms with Crippen LogP contribution in [0.25, 0.3) is 0 Å². The molecule has 11 atom stereocenters. The Morgan fingerprint density at radius 2 is 1.61 bits per heavy atom. The monoisotopic (exact) mass is 630 g/mol. The number of carbonyl (C=O) groups is 1. The number of aliphatic hydroxyl groups excluding tert-OH is 2. The largest absolute Gasteiger partial charge is 0.393 e. The Kier molecular flexibility index (Phi) is 9.34. The molecule has 0 heterocycles. The van der Waals surface area contributed by atoms with Gasteiger partial charge >= 0.3 is 6.03 Å². The van der Waals surface area contributed by atoms with Gasteiger partial charge in [-0.2, -0.15) is 0 Å². The van der Waals surface area contributed by atoms with Crippen molar-refractivity contribution in [2.45, 2.75) is 129 Å². The van der Waals surface area contributed by atoms with Gasteiger partial charge in [0.05, 0.1) is 17.1 Å². The standard InChI is InChI=1S/C36H58N2O5S/c1-8-26-30-21-24(39)15-18-36(30,7)29-16-19-35(6)27(13-14-28(35)31(29)32(26)40)22(2)17-20-37-33(41)38-44(42,43)25-11-9-23(10-12-25)34(3,4)5/h9-12,22,24,26-32,39-40H,8,13-21H2,1-7H3,(H2,37,38,41)/t22-,24+,26-,27-,28+,29+,30-,31-,32-,35-,36-/m1/s1. The Hall–Kier alpha value is -1.64. The molecule has 0 spiro atoms. The summed E-state index contributed by atoms with van der Waals surface area (Å²) >= 11 is 0. The Balaban J connectivity index is 1.19. The van der Waals surface area contributed by atoms with Crippen molar-refractivity contribution < 1.29 is 23.4 Å². The second kappa shape index (κ2) is 12.2. The number of benzene rings is 1. The summed E-state index contributed by atoms with van der Waals surface area (Å²) in [5, 5.41) is 25.3. The highest BCUT2D eigenvalue weighted by Gasteiger charge is 2.64. The third-order valence-electron chi connectivity index (χ3n) is 13.3. The van der Waals surface area contributed by atoms with Gasteiger partial charge in [0.25, 0.3) is 10.0 Å². The minimum atomic E-state index is -3.95. The van der Waals surface area contributed by atoms with Crippen molar-refractivity contribution in [2.75, 3.05) is 6.54 Å². The molecule has 0 aliphatic heterocycles. The van der Waals surface area contributed by atoms with Gasteiger partial charge in [-0.25, -0.2) is 17.9 Å². The van der Waals surface area contributed by atoms with E-state index in [1.165, 1.54) is 6.42 Å². The van der Waals surface area contributed by atoms with Crippen LogP contribution in [-0.4, -0.2) is 43.4 Å². The molecule has 4 N–H and O–H groups in total. The number of aliphatic hydroxyl groups is 2. The van der Waals surface area contributed by atoms with Gasteiger partial charge in [0.2, 0.25) is 0 Å². The number of hydrogen-bond donors (Lipinski definition) is 4. The molecule has 4 aliphatic carbocycles. The van der Waals surface area contributed by atoms with E-state index >= 15 is 0 Å². The number of hydrogen-bond acceptors (Lipinski definition) is 5. The molecular weight excluding hydrogens is 572 g/mol. The average molecular weight is 631 g/mol. The molecule has 0 radical (unpaired) electrons. The van der Waals surface area contributed by atoms with Crippen molar-refractivity contribution in [1.82, 2.24) is 10.0 Å². The summed E-state index contributed by atoms with van der Waals surface area (Å²) in [5.74, 6) is 2.87. The zero-order chi connectivity index (χ0) is 32.2. The van der Waals surface area contributed by atoms with Gasteiger partial charge in [0, 0.05) is 6.54 Å². The third kappa shape index (κ3) is 5.97. The van der Waals surface area contributed by atoms with Crippen molar-refractivity contribution in [1.29, 1.82) is 0 Å². The maximum Gasteiger partial charge on any atom is 0.328 e. The predicted molar refractivity (Wildman–Crippen MR) is 174 cm³/mol. The fourth-order valence-electron chi connectivity index (χ4n) is 10.9. The van der Waals surface area contributed by atoms with Crippen molar-refractivity contribution in [3.8, 4) is 0 Å². The van der Waals surface area contributed by atoms with E-state index in [9.17, 15) is 23.4 Å². The fraction of sp³-hybridized carbons (Fsp3) is 0.806. The lowest BCUT2D eigenvalue weighted by atomic mass is 9.41. The maximum atomic E-state index is 12.8. The first-order chi connectivity index (χ1) is 20.5. The van der Waals surface area contributed by atoms with Crippen LogP contribution in [0.2, 0.25) is 0 Å². The molecule has 1 aromatic carbocycles. The molecular formula is C36H58N2O5S. The quantitative estimate of drug-likeness (QED) is 0.270. The summed E-state index contributed by atoms with van der Waals surface area (Å²) in [6.45, 7) is 16.1.